The summed E-state index contributed by atoms with van der Waals surface area (Å²) in [6.45, 7) is 0.259. The topological polar surface area (TPSA) is 45.0 Å². The summed E-state index contributed by atoms with van der Waals surface area (Å²) in [4.78, 5) is 5.02. The smallest absolute Gasteiger partial charge is 0.128 e. The van der Waals surface area contributed by atoms with Crippen LogP contribution in [0.4, 0.5) is 0 Å². The van der Waals surface area contributed by atoms with Crippen LogP contribution in [0.3, 0.4) is 0 Å². The number of hydrogen-bond donors (Lipinski definition) is 1. The quantitative estimate of drug-likeness (QED) is 0.401. The molecule has 1 N–H and O–H groups in total. The van der Waals surface area contributed by atoms with E-state index >= 15 is 0 Å². The van der Waals surface area contributed by atoms with Crippen LogP contribution in [0.15, 0.2) is 0 Å². The van der Waals surface area contributed by atoms with Gasteiger partial charge in [-0.05, 0) is 12.8 Å². The molecule has 0 aliphatic heterocycles. The Balaban J connectivity index is 2.29. The van der Waals surface area contributed by atoms with Crippen LogP contribution in [0, 0.1) is 29.6 Å². The van der Waals surface area contributed by atoms with Crippen molar-refractivity contribution in [3.05, 3.63) is 0 Å². The van der Waals surface area contributed by atoms with Crippen molar-refractivity contribution in [2.75, 3.05) is 6.61 Å². The molecule has 1 aliphatic rings. The molecular formula is C10H14N2O. The van der Waals surface area contributed by atoms with Crippen molar-refractivity contribution < 1.29 is 4.84 Å². The van der Waals surface area contributed by atoms with E-state index in [9.17, 15) is 0 Å². The van der Waals surface area contributed by atoms with Crippen molar-refractivity contribution in [1.82, 2.24) is 5.48 Å². The summed E-state index contributed by atoms with van der Waals surface area (Å²) in [5, 5.41) is 8.83. The fraction of sp³-hybridized carbons (Fsp3) is 0.700. The van der Waals surface area contributed by atoms with Crippen LogP contribution in [0.1, 0.15) is 25.7 Å². The SMILES string of the molecule is C#CCONC1CCCCC1C#N. The molecule has 0 aromatic carbocycles. The predicted molar refractivity (Wildman–Crippen MR) is 49.3 cm³/mol. The van der Waals surface area contributed by atoms with E-state index in [0.29, 0.717) is 0 Å². The average Bonchev–Trinajstić information content (AvgIpc) is 2.19. The molecule has 1 rings (SSSR count). The van der Waals surface area contributed by atoms with Crippen LogP contribution in [-0.4, -0.2) is 12.6 Å². The van der Waals surface area contributed by atoms with Gasteiger partial charge in [0.15, 0.2) is 0 Å². The van der Waals surface area contributed by atoms with Crippen molar-refractivity contribution in [3.8, 4) is 18.4 Å². The van der Waals surface area contributed by atoms with E-state index in [4.69, 9.17) is 16.5 Å². The Morgan fingerprint density at radius 1 is 1.46 bits per heavy atom. The fourth-order valence-electron chi connectivity index (χ4n) is 1.62. The standard InChI is InChI=1S/C10H14N2O/c1-2-7-13-12-10-6-4-3-5-9(10)8-11/h1,9-10,12H,3-7H2. The Morgan fingerprint density at radius 2 is 2.23 bits per heavy atom. The van der Waals surface area contributed by atoms with E-state index < -0.39 is 0 Å². The third-order valence-corrected chi connectivity index (χ3v) is 2.32. The van der Waals surface area contributed by atoms with Gasteiger partial charge in [0.25, 0.3) is 0 Å². The zero-order valence-corrected chi connectivity index (χ0v) is 7.62. The Labute approximate surface area is 79.0 Å². The molecule has 1 fully saturated rings. The summed E-state index contributed by atoms with van der Waals surface area (Å²) >= 11 is 0. The van der Waals surface area contributed by atoms with Gasteiger partial charge in [0.2, 0.25) is 0 Å². The summed E-state index contributed by atoms with van der Waals surface area (Å²) in [7, 11) is 0. The minimum Gasteiger partial charge on any atom is -0.289 e. The predicted octanol–water partition coefficient (Wildman–Crippen LogP) is 1.22. The van der Waals surface area contributed by atoms with Gasteiger partial charge in [0.1, 0.15) is 6.61 Å². The molecule has 1 saturated carbocycles. The molecule has 3 nitrogen and oxygen atoms in total. The summed E-state index contributed by atoms with van der Waals surface area (Å²) < 4.78 is 0. The molecule has 0 saturated heterocycles. The summed E-state index contributed by atoms with van der Waals surface area (Å²) in [5.74, 6) is 2.45. The highest BCUT2D eigenvalue weighted by Crippen LogP contribution is 2.23. The third-order valence-electron chi connectivity index (χ3n) is 2.32. The Morgan fingerprint density at radius 3 is 2.92 bits per heavy atom. The minimum absolute atomic E-state index is 0.0755. The normalized spacial score (nSPS) is 27.5. The van der Waals surface area contributed by atoms with Gasteiger partial charge in [-0.3, -0.25) is 4.84 Å². The highest BCUT2D eigenvalue weighted by molar-refractivity contribution is 4.93. The molecule has 70 valence electrons. The average molecular weight is 178 g/mol. The van der Waals surface area contributed by atoms with Gasteiger partial charge in [-0.25, -0.2) is 0 Å². The molecule has 3 heteroatoms. The van der Waals surface area contributed by atoms with Crippen molar-refractivity contribution in [1.29, 1.82) is 5.26 Å². The lowest BCUT2D eigenvalue weighted by Gasteiger charge is -2.26. The maximum Gasteiger partial charge on any atom is 0.128 e. The number of rotatable bonds is 3. The molecule has 0 amide bonds. The lowest BCUT2D eigenvalue weighted by Crippen LogP contribution is -2.37. The van der Waals surface area contributed by atoms with Gasteiger partial charge in [-0.1, -0.05) is 18.8 Å². The Hall–Kier alpha value is -1.03. The second kappa shape index (κ2) is 5.59. The number of nitriles is 1. The van der Waals surface area contributed by atoms with E-state index in [0.717, 1.165) is 25.7 Å². The van der Waals surface area contributed by atoms with Crippen molar-refractivity contribution in [2.24, 2.45) is 5.92 Å². The number of hydrogen-bond acceptors (Lipinski definition) is 3. The summed E-state index contributed by atoms with van der Waals surface area (Å²) in [5.41, 5.74) is 2.86. The van der Waals surface area contributed by atoms with Gasteiger partial charge >= 0.3 is 0 Å². The first-order valence-electron chi connectivity index (χ1n) is 4.59. The first kappa shape index (κ1) is 10.1. The maximum absolute atomic E-state index is 8.83. The van der Waals surface area contributed by atoms with Crippen LogP contribution in [0.5, 0.6) is 0 Å². The van der Waals surface area contributed by atoms with Gasteiger partial charge in [-0.2, -0.15) is 10.7 Å². The van der Waals surface area contributed by atoms with Crippen LogP contribution in [0.2, 0.25) is 0 Å². The molecule has 2 atom stereocenters. The number of terminal acetylenes is 1. The monoisotopic (exact) mass is 178 g/mol. The second-order valence-corrected chi connectivity index (χ2v) is 3.24. The third kappa shape index (κ3) is 3.06. The van der Waals surface area contributed by atoms with Crippen molar-refractivity contribution >= 4 is 0 Å². The van der Waals surface area contributed by atoms with Crippen LogP contribution in [-0.2, 0) is 4.84 Å². The molecule has 0 radical (unpaired) electrons. The molecule has 0 bridgehead atoms. The van der Waals surface area contributed by atoms with Gasteiger partial charge in [0.05, 0.1) is 12.0 Å². The minimum atomic E-state index is 0.0755. The highest BCUT2D eigenvalue weighted by Gasteiger charge is 2.24. The van der Waals surface area contributed by atoms with E-state index in [2.05, 4.69) is 17.5 Å². The lowest BCUT2D eigenvalue weighted by molar-refractivity contribution is 0.0177. The van der Waals surface area contributed by atoms with Crippen molar-refractivity contribution in [2.45, 2.75) is 31.7 Å². The zero-order valence-electron chi connectivity index (χ0n) is 7.62. The fourth-order valence-corrected chi connectivity index (χ4v) is 1.62. The molecule has 0 aromatic rings. The number of hydroxylamine groups is 1. The molecule has 1 aliphatic carbocycles. The van der Waals surface area contributed by atoms with Gasteiger partial charge < -0.3 is 0 Å². The van der Waals surface area contributed by atoms with E-state index in [1.54, 1.807) is 0 Å². The van der Waals surface area contributed by atoms with Gasteiger partial charge in [0, 0.05) is 6.04 Å². The van der Waals surface area contributed by atoms with Crippen LogP contribution >= 0.6 is 0 Å². The second-order valence-electron chi connectivity index (χ2n) is 3.24. The molecule has 0 aromatic heterocycles. The van der Waals surface area contributed by atoms with E-state index in [1.807, 2.05) is 0 Å². The molecule has 0 spiro atoms. The van der Waals surface area contributed by atoms with Crippen molar-refractivity contribution in [3.63, 3.8) is 0 Å². The first-order valence-corrected chi connectivity index (χ1v) is 4.59. The molecule has 13 heavy (non-hydrogen) atoms. The largest absolute Gasteiger partial charge is 0.289 e. The number of nitrogens with one attached hydrogen (secondary N) is 1. The van der Waals surface area contributed by atoms with Gasteiger partial charge in [-0.15, -0.1) is 6.42 Å². The Kier molecular flexibility index (Phi) is 4.32. The number of nitrogens with zero attached hydrogens (tertiary/aromatic N) is 1. The van der Waals surface area contributed by atoms with E-state index in [-0.39, 0.29) is 18.6 Å². The lowest BCUT2D eigenvalue weighted by atomic mass is 9.86. The van der Waals surface area contributed by atoms with Crippen LogP contribution < -0.4 is 5.48 Å². The first-order chi connectivity index (χ1) is 6.38. The highest BCUT2D eigenvalue weighted by atomic mass is 16.6. The zero-order chi connectivity index (χ0) is 9.52. The Bertz CT molecular complexity index is 226. The summed E-state index contributed by atoms with van der Waals surface area (Å²) in [6.07, 6.45) is 9.31. The van der Waals surface area contributed by atoms with E-state index in [1.165, 1.54) is 0 Å². The molecule has 2 unspecified atom stereocenters. The molecular weight excluding hydrogens is 164 g/mol. The maximum atomic E-state index is 8.83. The molecule has 0 heterocycles. The van der Waals surface area contributed by atoms with Crippen LogP contribution in [0.25, 0.3) is 0 Å². The summed E-state index contributed by atoms with van der Waals surface area (Å²) in [6, 6.07) is 2.45.